The summed E-state index contributed by atoms with van der Waals surface area (Å²) >= 11 is 0. The number of nitrogens with zero attached hydrogens (tertiary/aromatic N) is 3. The van der Waals surface area contributed by atoms with Gasteiger partial charge in [0.2, 0.25) is 11.8 Å². The average Bonchev–Trinajstić information content (AvgIpc) is 3.49. The zero-order chi connectivity index (χ0) is 21.8. The van der Waals surface area contributed by atoms with Crippen molar-refractivity contribution in [3.63, 3.8) is 0 Å². The second-order valence-electron chi connectivity index (χ2n) is 9.63. The lowest BCUT2D eigenvalue weighted by atomic mass is 9.85. The molecule has 0 aromatic rings. The van der Waals surface area contributed by atoms with Crippen molar-refractivity contribution in [2.24, 2.45) is 0 Å². The number of carbonyl (C=O) groups excluding carboxylic acids is 4. The Labute approximate surface area is 182 Å². The van der Waals surface area contributed by atoms with Crippen LogP contribution in [0.25, 0.3) is 0 Å². The van der Waals surface area contributed by atoms with Gasteiger partial charge in [-0.25, -0.2) is 0 Å². The van der Waals surface area contributed by atoms with Crippen molar-refractivity contribution in [1.29, 1.82) is 0 Å². The van der Waals surface area contributed by atoms with E-state index in [1.54, 1.807) is 16.0 Å². The maximum atomic E-state index is 13.5. The van der Waals surface area contributed by atoms with Gasteiger partial charge in [0.25, 0.3) is 11.7 Å². The molecule has 168 valence electrons. The number of piperidine rings is 1. The van der Waals surface area contributed by atoms with E-state index < -0.39 is 23.3 Å². The zero-order valence-electron chi connectivity index (χ0n) is 18.2. The first-order chi connectivity index (χ1) is 15.0. The molecule has 4 fully saturated rings. The number of hydrogen-bond acceptors (Lipinski definition) is 5. The monoisotopic (exact) mass is 429 g/mol. The molecule has 2 aliphatic carbocycles. The molecule has 8 nitrogen and oxygen atoms in total. The van der Waals surface area contributed by atoms with E-state index in [0.29, 0.717) is 31.4 Å². The largest absolute Gasteiger partial charge is 0.370 e. The van der Waals surface area contributed by atoms with Crippen LogP contribution in [0.2, 0.25) is 0 Å². The van der Waals surface area contributed by atoms with Crippen molar-refractivity contribution in [2.45, 2.75) is 94.4 Å². The van der Waals surface area contributed by atoms with Crippen LogP contribution in [-0.2, 0) is 23.9 Å². The molecule has 3 amide bonds. The molecule has 2 bridgehead atoms. The summed E-state index contributed by atoms with van der Waals surface area (Å²) in [6, 6.07) is -0.853. The lowest BCUT2D eigenvalue weighted by Crippen LogP contribution is -2.68. The van der Waals surface area contributed by atoms with Crippen molar-refractivity contribution in [2.75, 3.05) is 13.7 Å². The topological polar surface area (TPSA) is 87.2 Å². The minimum absolute atomic E-state index is 0.0339. The lowest BCUT2D eigenvalue weighted by Gasteiger charge is -2.52. The maximum Gasteiger partial charge on any atom is 0.294 e. The van der Waals surface area contributed by atoms with Crippen LogP contribution in [0.3, 0.4) is 0 Å². The Kier molecular flexibility index (Phi) is 5.15. The van der Waals surface area contributed by atoms with Crippen molar-refractivity contribution in [3.8, 4) is 0 Å². The first kappa shape index (κ1) is 20.7. The van der Waals surface area contributed by atoms with Gasteiger partial charge in [-0.05, 0) is 57.8 Å². The summed E-state index contributed by atoms with van der Waals surface area (Å²) in [6.45, 7) is 0.0339. The molecular weight excluding hydrogens is 398 g/mol. The minimum Gasteiger partial charge on any atom is -0.370 e. The number of ether oxygens (including phenoxy) is 1. The Morgan fingerprint density at radius 1 is 0.968 bits per heavy atom. The van der Waals surface area contributed by atoms with E-state index in [9.17, 15) is 19.2 Å². The van der Waals surface area contributed by atoms with Gasteiger partial charge in [-0.15, -0.1) is 0 Å². The molecule has 5 aliphatic rings. The summed E-state index contributed by atoms with van der Waals surface area (Å²) in [5, 5.41) is 0. The van der Waals surface area contributed by atoms with E-state index in [1.165, 1.54) is 12.0 Å². The summed E-state index contributed by atoms with van der Waals surface area (Å²) in [4.78, 5) is 57.8. The van der Waals surface area contributed by atoms with E-state index in [-0.39, 0.29) is 30.4 Å². The Bertz CT molecular complexity index is 840. The van der Waals surface area contributed by atoms with Crippen LogP contribution in [0.15, 0.2) is 11.9 Å². The van der Waals surface area contributed by atoms with E-state index in [1.807, 2.05) is 0 Å². The second kappa shape index (κ2) is 7.73. The quantitative estimate of drug-likeness (QED) is 0.635. The van der Waals surface area contributed by atoms with Gasteiger partial charge in [-0.3, -0.25) is 19.2 Å². The third-order valence-corrected chi connectivity index (χ3v) is 8.05. The van der Waals surface area contributed by atoms with E-state index in [0.717, 1.165) is 44.9 Å². The molecular formula is C23H31N3O5. The van der Waals surface area contributed by atoms with Gasteiger partial charge in [0.05, 0.1) is 11.7 Å². The molecule has 3 heterocycles. The summed E-state index contributed by atoms with van der Waals surface area (Å²) in [7, 11) is 1.50. The van der Waals surface area contributed by atoms with Crippen LogP contribution < -0.4 is 0 Å². The van der Waals surface area contributed by atoms with Crippen LogP contribution >= 0.6 is 0 Å². The van der Waals surface area contributed by atoms with Gasteiger partial charge in [0, 0.05) is 19.4 Å². The number of piperazine rings is 1. The van der Waals surface area contributed by atoms with Crippen LogP contribution in [0.1, 0.15) is 70.6 Å². The van der Waals surface area contributed by atoms with Gasteiger partial charge in [0.1, 0.15) is 18.2 Å². The van der Waals surface area contributed by atoms with E-state index in [4.69, 9.17) is 4.74 Å². The first-order valence-corrected chi connectivity index (χ1v) is 11.7. The fraction of sp³-hybridized carbons (Fsp3) is 0.739. The van der Waals surface area contributed by atoms with Crippen LogP contribution in [0.4, 0.5) is 0 Å². The maximum absolute atomic E-state index is 13.5. The summed E-state index contributed by atoms with van der Waals surface area (Å²) in [6.07, 6.45) is 10.8. The number of Topliss-reactive ketones (excluding diaryl/α,β-unsaturated/α-hetero) is 1. The van der Waals surface area contributed by atoms with Gasteiger partial charge in [-0.1, -0.05) is 12.8 Å². The highest BCUT2D eigenvalue weighted by atomic mass is 16.5. The molecule has 0 N–H and O–H groups in total. The molecule has 0 spiro atoms. The predicted octanol–water partition coefficient (Wildman–Crippen LogP) is 1.73. The van der Waals surface area contributed by atoms with Crippen LogP contribution in [0.5, 0.6) is 0 Å². The van der Waals surface area contributed by atoms with Gasteiger partial charge < -0.3 is 19.4 Å². The predicted molar refractivity (Wildman–Crippen MR) is 110 cm³/mol. The number of hydrogen-bond donors (Lipinski definition) is 0. The molecule has 31 heavy (non-hydrogen) atoms. The highest BCUT2D eigenvalue weighted by Crippen LogP contribution is 2.40. The number of carbonyl (C=O) groups is 4. The molecule has 2 saturated carbocycles. The number of amides is 3. The van der Waals surface area contributed by atoms with Crippen molar-refractivity contribution < 1.29 is 23.9 Å². The van der Waals surface area contributed by atoms with Crippen LogP contribution in [0, 0.1) is 0 Å². The molecule has 2 atom stereocenters. The van der Waals surface area contributed by atoms with E-state index >= 15 is 0 Å². The first-order valence-electron chi connectivity index (χ1n) is 11.7. The third-order valence-electron chi connectivity index (χ3n) is 8.05. The minimum atomic E-state index is -1.06. The number of methoxy groups -OCH3 is 1. The SMILES string of the molecule is COC1(C(=O)C(=O)N2C3CCCC2C2=CN(C4CCCC4)C(=O)CN2C3=O)CCCC1. The van der Waals surface area contributed by atoms with Gasteiger partial charge in [0.15, 0.2) is 0 Å². The zero-order valence-corrected chi connectivity index (χ0v) is 18.2. The Morgan fingerprint density at radius 2 is 1.65 bits per heavy atom. The molecule has 5 rings (SSSR count). The van der Waals surface area contributed by atoms with Crippen molar-refractivity contribution in [1.82, 2.24) is 14.7 Å². The molecule has 3 aliphatic heterocycles. The summed E-state index contributed by atoms with van der Waals surface area (Å²) < 4.78 is 5.57. The van der Waals surface area contributed by atoms with E-state index in [2.05, 4.69) is 0 Å². The summed E-state index contributed by atoms with van der Waals surface area (Å²) in [5.74, 6) is -1.41. The molecule has 0 aromatic carbocycles. The molecule has 2 unspecified atom stereocenters. The molecule has 0 radical (unpaired) electrons. The lowest BCUT2D eigenvalue weighted by molar-refractivity contribution is -0.167. The Balaban J connectivity index is 1.49. The smallest absolute Gasteiger partial charge is 0.294 e. The molecule has 2 saturated heterocycles. The highest BCUT2D eigenvalue weighted by Gasteiger charge is 2.54. The number of fused-ring (bicyclic) bond motifs is 4. The average molecular weight is 430 g/mol. The Morgan fingerprint density at radius 3 is 2.32 bits per heavy atom. The fourth-order valence-electron chi connectivity index (χ4n) is 6.33. The fourth-order valence-corrected chi connectivity index (χ4v) is 6.33. The number of rotatable bonds is 4. The normalized spacial score (nSPS) is 30.5. The van der Waals surface area contributed by atoms with Crippen molar-refractivity contribution in [3.05, 3.63) is 11.9 Å². The van der Waals surface area contributed by atoms with Gasteiger partial charge in [-0.2, -0.15) is 0 Å². The summed E-state index contributed by atoms with van der Waals surface area (Å²) in [5.41, 5.74) is -0.357. The highest BCUT2D eigenvalue weighted by molar-refractivity contribution is 6.39. The van der Waals surface area contributed by atoms with Crippen molar-refractivity contribution >= 4 is 23.5 Å². The van der Waals surface area contributed by atoms with Gasteiger partial charge >= 0.3 is 0 Å². The standard InChI is InChI=1S/C23H31N3O5/c1-31-23(11-4-5-12-23)20(28)22(30)26-16-9-6-10-17(26)21(29)25-14-19(27)24(13-18(16)25)15-7-2-3-8-15/h13,15-17H,2-12,14H2,1H3. The number of ketones is 1. The molecule has 0 aromatic heterocycles. The van der Waals surface area contributed by atoms with Crippen LogP contribution in [-0.4, -0.2) is 75.6 Å². The molecule has 8 heteroatoms. The second-order valence-corrected chi connectivity index (χ2v) is 9.63. The third kappa shape index (κ3) is 3.13. The Hall–Kier alpha value is -2.22.